The number of carbonyl (C=O) groups is 1. The lowest BCUT2D eigenvalue weighted by molar-refractivity contribution is 0.0595. The summed E-state index contributed by atoms with van der Waals surface area (Å²) in [6.07, 6.45) is 1.18. The first-order chi connectivity index (χ1) is 12.7. The fourth-order valence-corrected chi connectivity index (χ4v) is 4.03. The Bertz CT molecular complexity index is 956. The molecule has 0 unspecified atom stereocenters. The topological polar surface area (TPSA) is 110 Å². The third-order valence-electron chi connectivity index (χ3n) is 4.33. The molecule has 1 heterocycles. The lowest BCUT2D eigenvalue weighted by Crippen LogP contribution is -2.41. The van der Waals surface area contributed by atoms with Crippen molar-refractivity contribution in [2.24, 2.45) is 5.14 Å². The number of benzene rings is 2. The number of nitrogens with two attached hydrogens (primary N) is 1. The molecule has 0 aromatic heterocycles. The molecule has 0 atom stereocenters. The molecule has 7 nitrogen and oxygen atoms in total. The third kappa shape index (κ3) is 4.71. The first-order valence-electron chi connectivity index (χ1n) is 8.31. The van der Waals surface area contributed by atoms with Gasteiger partial charge < -0.3 is 14.7 Å². The van der Waals surface area contributed by atoms with E-state index in [1.807, 2.05) is 0 Å². The zero-order valence-corrected chi connectivity index (χ0v) is 15.9. The fraction of sp³-hybridized carbons (Fsp3) is 0.278. The summed E-state index contributed by atoms with van der Waals surface area (Å²) in [5.41, 5.74) is 0.218. The maximum atomic E-state index is 12.7. The second kappa shape index (κ2) is 7.75. The van der Waals surface area contributed by atoms with Crippen molar-refractivity contribution >= 4 is 27.5 Å². The van der Waals surface area contributed by atoms with Gasteiger partial charge in [0.25, 0.3) is 5.91 Å². The molecule has 0 radical (unpaired) electrons. The summed E-state index contributed by atoms with van der Waals surface area (Å²) in [6.45, 7) is 0.936. The summed E-state index contributed by atoms with van der Waals surface area (Å²) in [7, 11) is -4.01. The molecule has 3 N–H and O–H groups in total. The highest BCUT2D eigenvalue weighted by Crippen LogP contribution is 2.25. The first kappa shape index (κ1) is 19.5. The van der Waals surface area contributed by atoms with E-state index in [1.165, 1.54) is 18.2 Å². The monoisotopic (exact) mass is 410 g/mol. The lowest BCUT2D eigenvalue weighted by atomic mass is 10.1. The van der Waals surface area contributed by atoms with E-state index in [1.54, 1.807) is 29.2 Å². The fourth-order valence-electron chi connectivity index (χ4n) is 2.96. The molecule has 2 aromatic carbocycles. The van der Waals surface area contributed by atoms with E-state index in [-0.39, 0.29) is 33.2 Å². The second-order valence-corrected chi connectivity index (χ2v) is 8.23. The van der Waals surface area contributed by atoms with E-state index < -0.39 is 10.0 Å². The van der Waals surface area contributed by atoms with Crippen LogP contribution in [0.3, 0.4) is 0 Å². The van der Waals surface area contributed by atoms with Crippen LogP contribution in [0.5, 0.6) is 11.5 Å². The maximum absolute atomic E-state index is 12.7. The van der Waals surface area contributed by atoms with Crippen LogP contribution in [-0.4, -0.2) is 43.5 Å². The molecule has 144 valence electrons. The van der Waals surface area contributed by atoms with Crippen LogP contribution in [0, 0.1) is 0 Å². The van der Waals surface area contributed by atoms with Crippen molar-refractivity contribution in [2.45, 2.75) is 23.8 Å². The van der Waals surface area contributed by atoms with Gasteiger partial charge in [0.2, 0.25) is 10.0 Å². The summed E-state index contributed by atoms with van der Waals surface area (Å²) >= 11 is 5.86. The number of hydrogen-bond donors (Lipinski definition) is 2. The van der Waals surface area contributed by atoms with Crippen LogP contribution in [0.2, 0.25) is 5.02 Å². The summed E-state index contributed by atoms with van der Waals surface area (Å²) in [5, 5.41) is 14.6. The Labute approximate surface area is 162 Å². The molecule has 0 saturated carbocycles. The molecule has 0 spiro atoms. The van der Waals surface area contributed by atoms with Gasteiger partial charge in [-0.25, -0.2) is 13.6 Å². The Morgan fingerprint density at radius 2 is 1.89 bits per heavy atom. The molecular weight excluding hydrogens is 392 g/mol. The number of nitrogens with zero attached hydrogens (tertiary/aromatic N) is 1. The highest BCUT2D eigenvalue weighted by atomic mass is 35.5. The predicted molar refractivity (Wildman–Crippen MR) is 100 cm³/mol. The largest absolute Gasteiger partial charge is 0.508 e. The molecule has 1 amide bonds. The Hall–Kier alpha value is -2.29. The second-order valence-electron chi connectivity index (χ2n) is 6.30. The number of likely N-dealkylation sites (tertiary alicyclic amines) is 1. The van der Waals surface area contributed by atoms with Crippen molar-refractivity contribution in [3.05, 3.63) is 53.1 Å². The summed E-state index contributed by atoms with van der Waals surface area (Å²) in [6, 6.07) is 10.6. The van der Waals surface area contributed by atoms with Crippen molar-refractivity contribution in [2.75, 3.05) is 13.1 Å². The summed E-state index contributed by atoms with van der Waals surface area (Å²) in [5.74, 6) is 0.427. The average Bonchev–Trinajstić information content (AvgIpc) is 2.61. The zero-order valence-electron chi connectivity index (χ0n) is 14.3. The number of aromatic hydroxyl groups is 1. The molecule has 9 heteroatoms. The number of ether oxygens (including phenoxy) is 1. The van der Waals surface area contributed by atoms with Crippen molar-refractivity contribution in [3.8, 4) is 11.5 Å². The Balaban J connectivity index is 1.65. The molecule has 1 fully saturated rings. The molecule has 3 rings (SSSR count). The number of halogens is 1. The van der Waals surface area contributed by atoms with Crippen LogP contribution in [0.15, 0.2) is 47.4 Å². The minimum Gasteiger partial charge on any atom is -0.508 e. The zero-order chi connectivity index (χ0) is 19.6. The van der Waals surface area contributed by atoms with Gasteiger partial charge in [0, 0.05) is 37.6 Å². The van der Waals surface area contributed by atoms with Crippen LogP contribution in [-0.2, 0) is 10.0 Å². The smallest absolute Gasteiger partial charge is 0.253 e. The van der Waals surface area contributed by atoms with Crippen molar-refractivity contribution in [1.29, 1.82) is 0 Å². The number of primary sulfonamides is 1. The highest BCUT2D eigenvalue weighted by molar-refractivity contribution is 7.89. The summed E-state index contributed by atoms with van der Waals surface area (Å²) in [4.78, 5) is 14.0. The van der Waals surface area contributed by atoms with Gasteiger partial charge in [-0.05, 0) is 30.3 Å². The van der Waals surface area contributed by atoms with E-state index in [0.717, 1.165) is 0 Å². The van der Waals surface area contributed by atoms with Crippen LogP contribution < -0.4 is 9.88 Å². The maximum Gasteiger partial charge on any atom is 0.253 e. The predicted octanol–water partition coefficient (Wildman–Crippen LogP) is 2.38. The van der Waals surface area contributed by atoms with E-state index in [4.69, 9.17) is 21.5 Å². The molecule has 2 aromatic rings. The standard InChI is InChI=1S/C18H19ClN2O5S/c19-16-5-4-12(10-17(16)27(20,24)25)18(23)21-8-6-14(7-9-21)26-15-3-1-2-13(22)11-15/h1-5,10-11,14,22H,6-9H2,(H2,20,24,25). The number of carbonyl (C=O) groups excluding carboxylic acids is 1. The SMILES string of the molecule is NS(=O)(=O)c1cc(C(=O)N2CCC(Oc3cccc(O)c3)CC2)ccc1Cl. The molecule has 27 heavy (non-hydrogen) atoms. The van der Waals surface area contributed by atoms with Crippen LogP contribution >= 0.6 is 11.6 Å². The number of phenols is 1. The van der Waals surface area contributed by atoms with Crippen LogP contribution in [0.25, 0.3) is 0 Å². The van der Waals surface area contributed by atoms with Gasteiger partial charge in [-0.2, -0.15) is 0 Å². The number of rotatable bonds is 4. The van der Waals surface area contributed by atoms with Crippen molar-refractivity contribution in [1.82, 2.24) is 4.90 Å². The van der Waals surface area contributed by atoms with Gasteiger partial charge in [-0.3, -0.25) is 4.79 Å². The number of sulfonamides is 1. The van der Waals surface area contributed by atoms with E-state index in [0.29, 0.717) is 31.7 Å². The number of hydrogen-bond acceptors (Lipinski definition) is 5. The first-order valence-corrected chi connectivity index (χ1v) is 10.2. The lowest BCUT2D eigenvalue weighted by Gasteiger charge is -2.32. The minimum atomic E-state index is -4.01. The quantitative estimate of drug-likeness (QED) is 0.804. The molecule has 1 aliphatic rings. The van der Waals surface area contributed by atoms with Gasteiger partial charge in [-0.1, -0.05) is 17.7 Å². The van der Waals surface area contributed by atoms with Gasteiger partial charge >= 0.3 is 0 Å². The van der Waals surface area contributed by atoms with Crippen molar-refractivity contribution in [3.63, 3.8) is 0 Å². The Morgan fingerprint density at radius 3 is 2.52 bits per heavy atom. The van der Waals surface area contributed by atoms with Gasteiger partial charge in [0.1, 0.15) is 22.5 Å². The Kier molecular flexibility index (Phi) is 5.59. The van der Waals surface area contributed by atoms with Gasteiger partial charge in [0.15, 0.2) is 0 Å². The normalized spacial score (nSPS) is 15.6. The molecular formula is C18H19ClN2O5S. The van der Waals surface area contributed by atoms with E-state index in [2.05, 4.69) is 0 Å². The molecule has 0 aliphatic carbocycles. The van der Waals surface area contributed by atoms with Gasteiger partial charge in [-0.15, -0.1) is 0 Å². The number of piperidine rings is 1. The van der Waals surface area contributed by atoms with Crippen molar-refractivity contribution < 1.29 is 23.1 Å². The highest BCUT2D eigenvalue weighted by Gasteiger charge is 2.26. The Morgan fingerprint density at radius 1 is 1.19 bits per heavy atom. The van der Waals surface area contributed by atoms with Gasteiger partial charge in [0.05, 0.1) is 5.02 Å². The third-order valence-corrected chi connectivity index (χ3v) is 5.73. The molecule has 1 saturated heterocycles. The summed E-state index contributed by atoms with van der Waals surface area (Å²) < 4.78 is 29.0. The van der Waals surface area contributed by atoms with E-state index in [9.17, 15) is 18.3 Å². The average molecular weight is 411 g/mol. The van der Waals surface area contributed by atoms with Crippen LogP contribution in [0.4, 0.5) is 0 Å². The molecule has 0 bridgehead atoms. The minimum absolute atomic E-state index is 0.0210. The van der Waals surface area contributed by atoms with Crippen LogP contribution in [0.1, 0.15) is 23.2 Å². The number of amides is 1. The number of phenolic OH excluding ortho intramolecular Hbond substituents is 1. The molecule has 1 aliphatic heterocycles. The van der Waals surface area contributed by atoms with E-state index >= 15 is 0 Å².